The van der Waals surface area contributed by atoms with Gasteiger partial charge in [0.1, 0.15) is 4.60 Å². The van der Waals surface area contributed by atoms with Gasteiger partial charge in [0.25, 0.3) is 0 Å². The second-order valence-corrected chi connectivity index (χ2v) is 5.19. The number of anilines is 1. The van der Waals surface area contributed by atoms with E-state index in [2.05, 4.69) is 20.9 Å². The molecule has 0 radical (unpaired) electrons. The third-order valence-corrected chi connectivity index (χ3v) is 3.76. The highest BCUT2D eigenvalue weighted by Crippen LogP contribution is 2.32. The average Bonchev–Trinajstić information content (AvgIpc) is 2.63. The normalized spacial score (nSPS) is 20.6. The Morgan fingerprint density at radius 2 is 2.38 bits per heavy atom. The van der Waals surface area contributed by atoms with Crippen LogP contribution in [0.3, 0.4) is 0 Å². The fourth-order valence-corrected chi connectivity index (χ4v) is 2.51. The summed E-state index contributed by atoms with van der Waals surface area (Å²) < 4.78 is 0.625. The quantitative estimate of drug-likeness (QED) is 0.619. The highest BCUT2D eigenvalue weighted by atomic mass is 79.9. The van der Waals surface area contributed by atoms with Crippen LogP contribution in [0.1, 0.15) is 6.42 Å². The predicted octanol–water partition coefficient (Wildman–Crippen LogP) is 3.09. The van der Waals surface area contributed by atoms with Crippen LogP contribution in [0.4, 0.5) is 5.69 Å². The molecule has 1 unspecified atom stereocenters. The van der Waals surface area contributed by atoms with E-state index < -0.39 is 0 Å². The number of amides is 1. The highest BCUT2D eigenvalue weighted by Gasteiger charge is 2.31. The van der Waals surface area contributed by atoms with Gasteiger partial charge >= 0.3 is 0 Å². The molecular weight excluding hydrogens is 315 g/mol. The first kappa shape index (κ1) is 12.1. The van der Waals surface area contributed by atoms with Gasteiger partial charge in [-0.15, -0.1) is 11.6 Å². The molecule has 3 nitrogen and oxygen atoms in total. The summed E-state index contributed by atoms with van der Waals surface area (Å²) in [7, 11) is 0. The van der Waals surface area contributed by atoms with Gasteiger partial charge in [-0.1, -0.05) is 11.6 Å². The van der Waals surface area contributed by atoms with E-state index in [0.29, 0.717) is 34.2 Å². The van der Waals surface area contributed by atoms with Crippen molar-refractivity contribution in [1.29, 1.82) is 0 Å². The summed E-state index contributed by atoms with van der Waals surface area (Å²) in [6, 6.07) is 1.73. The summed E-state index contributed by atoms with van der Waals surface area (Å²) in [6.45, 7) is 0.628. The number of hydrogen-bond acceptors (Lipinski definition) is 2. The lowest BCUT2D eigenvalue weighted by Gasteiger charge is -2.17. The topological polar surface area (TPSA) is 33.2 Å². The van der Waals surface area contributed by atoms with Crippen LogP contribution in [0.5, 0.6) is 0 Å². The number of pyridine rings is 1. The summed E-state index contributed by atoms with van der Waals surface area (Å²) in [5.41, 5.74) is 0.713. The molecule has 1 atom stereocenters. The maximum absolute atomic E-state index is 11.8. The largest absolute Gasteiger partial charge is 0.309 e. The Kier molecular flexibility index (Phi) is 3.72. The van der Waals surface area contributed by atoms with Crippen LogP contribution in [0.2, 0.25) is 5.02 Å². The number of rotatable bonds is 2. The summed E-state index contributed by atoms with van der Waals surface area (Å²) >= 11 is 14.9. The van der Waals surface area contributed by atoms with Gasteiger partial charge < -0.3 is 4.90 Å². The van der Waals surface area contributed by atoms with Crippen molar-refractivity contribution in [2.75, 3.05) is 17.3 Å². The van der Waals surface area contributed by atoms with E-state index >= 15 is 0 Å². The van der Waals surface area contributed by atoms with Crippen molar-refractivity contribution >= 4 is 50.7 Å². The maximum Gasteiger partial charge on any atom is 0.227 e. The van der Waals surface area contributed by atoms with Crippen molar-refractivity contribution in [3.8, 4) is 0 Å². The fraction of sp³-hybridized carbons (Fsp3) is 0.400. The summed E-state index contributed by atoms with van der Waals surface area (Å²) in [5, 5.41) is 0.514. The molecule has 1 saturated heterocycles. The third kappa shape index (κ3) is 2.34. The number of alkyl halides is 1. The van der Waals surface area contributed by atoms with E-state index in [4.69, 9.17) is 23.2 Å². The Labute approximate surface area is 112 Å². The minimum atomic E-state index is 0.0652. The molecule has 1 amide bonds. The van der Waals surface area contributed by atoms with Crippen LogP contribution < -0.4 is 4.90 Å². The molecule has 0 bridgehead atoms. The molecule has 0 N–H and O–H groups in total. The molecule has 1 aliphatic rings. The van der Waals surface area contributed by atoms with Crippen LogP contribution in [0.15, 0.2) is 16.9 Å². The van der Waals surface area contributed by atoms with E-state index in [9.17, 15) is 4.79 Å². The Hall–Kier alpha value is -0.320. The van der Waals surface area contributed by atoms with E-state index in [1.807, 2.05) is 0 Å². The lowest BCUT2D eigenvalue weighted by atomic mass is 10.1. The van der Waals surface area contributed by atoms with E-state index in [1.54, 1.807) is 11.0 Å². The smallest absolute Gasteiger partial charge is 0.227 e. The van der Waals surface area contributed by atoms with Crippen molar-refractivity contribution in [3.63, 3.8) is 0 Å². The molecule has 0 spiro atoms. The number of hydrogen-bond donors (Lipinski definition) is 0. The van der Waals surface area contributed by atoms with Crippen molar-refractivity contribution in [2.24, 2.45) is 5.92 Å². The molecule has 1 aromatic rings. The Morgan fingerprint density at radius 1 is 1.62 bits per heavy atom. The van der Waals surface area contributed by atoms with Gasteiger partial charge in [0.05, 0.1) is 10.7 Å². The summed E-state index contributed by atoms with van der Waals surface area (Å²) in [5.74, 6) is 0.767. The molecule has 1 aliphatic heterocycles. The van der Waals surface area contributed by atoms with Crippen LogP contribution >= 0.6 is 39.1 Å². The molecule has 86 valence electrons. The summed E-state index contributed by atoms with van der Waals surface area (Å²) in [4.78, 5) is 17.5. The Bertz CT molecular complexity index is 427. The minimum absolute atomic E-state index is 0.0652. The van der Waals surface area contributed by atoms with Gasteiger partial charge in [-0.05, 0) is 27.9 Å². The van der Waals surface area contributed by atoms with Gasteiger partial charge in [0.2, 0.25) is 5.91 Å². The lowest BCUT2D eigenvalue weighted by molar-refractivity contribution is -0.117. The van der Waals surface area contributed by atoms with Gasteiger partial charge in [-0.25, -0.2) is 4.98 Å². The second kappa shape index (κ2) is 4.90. The predicted molar refractivity (Wildman–Crippen MR) is 68.1 cm³/mol. The molecule has 0 saturated carbocycles. The first-order valence-corrected chi connectivity index (χ1v) is 6.49. The van der Waals surface area contributed by atoms with Crippen molar-refractivity contribution in [1.82, 2.24) is 4.98 Å². The van der Waals surface area contributed by atoms with Crippen LogP contribution in [-0.2, 0) is 4.79 Å². The third-order valence-electron chi connectivity index (χ3n) is 2.50. The van der Waals surface area contributed by atoms with Gasteiger partial charge in [-0.3, -0.25) is 4.79 Å². The number of carbonyl (C=O) groups is 1. The number of carbonyl (C=O) groups excluding carboxylic acids is 1. The standard InChI is InChI=1S/C10H9BrCl2N2O/c11-10-8(2-7(13)4-14-10)15-5-6(3-12)1-9(15)16/h2,4,6H,1,3,5H2. The van der Waals surface area contributed by atoms with E-state index in [1.165, 1.54) is 6.20 Å². The summed E-state index contributed by atoms with van der Waals surface area (Å²) in [6.07, 6.45) is 2.02. The molecule has 2 rings (SSSR count). The second-order valence-electron chi connectivity index (χ2n) is 3.69. The van der Waals surface area contributed by atoms with Gasteiger partial charge in [-0.2, -0.15) is 0 Å². The minimum Gasteiger partial charge on any atom is -0.309 e. The fourth-order valence-electron chi connectivity index (χ4n) is 1.72. The zero-order chi connectivity index (χ0) is 11.7. The number of halogens is 3. The Balaban J connectivity index is 2.30. The van der Waals surface area contributed by atoms with Crippen LogP contribution in [0.25, 0.3) is 0 Å². The first-order valence-electron chi connectivity index (χ1n) is 4.79. The molecule has 1 fully saturated rings. The monoisotopic (exact) mass is 322 g/mol. The lowest BCUT2D eigenvalue weighted by Crippen LogP contribution is -2.25. The molecule has 0 aliphatic carbocycles. The van der Waals surface area contributed by atoms with Crippen molar-refractivity contribution in [3.05, 3.63) is 21.9 Å². The van der Waals surface area contributed by atoms with E-state index in [0.717, 1.165) is 0 Å². The molecule has 2 heterocycles. The maximum atomic E-state index is 11.8. The molecule has 6 heteroatoms. The first-order chi connectivity index (χ1) is 7.61. The zero-order valence-corrected chi connectivity index (χ0v) is 11.4. The number of nitrogens with zero attached hydrogens (tertiary/aromatic N) is 2. The molecule has 1 aromatic heterocycles. The van der Waals surface area contributed by atoms with Gasteiger partial charge in [0, 0.05) is 25.0 Å². The van der Waals surface area contributed by atoms with Crippen molar-refractivity contribution < 1.29 is 4.79 Å². The van der Waals surface area contributed by atoms with Crippen LogP contribution in [0, 0.1) is 5.92 Å². The SMILES string of the molecule is O=C1CC(CCl)CN1c1cc(Cl)cnc1Br. The van der Waals surface area contributed by atoms with E-state index in [-0.39, 0.29) is 11.8 Å². The Morgan fingerprint density at radius 3 is 3.00 bits per heavy atom. The molecule has 16 heavy (non-hydrogen) atoms. The molecule has 0 aromatic carbocycles. The van der Waals surface area contributed by atoms with Crippen molar-refractivity contribution in [2.45, 2.75) is 6.42 Å². The van der Waals surface area contributed by atoms with Gasteiger partial charge in [0.15, 0.2) is 0 Å². The molecular formula is C10H9BrCl2N2O. The average molecular weight is 324 g/mol. The van der Waals surface area contributed by atoms with Crippen LogP contribution in [-0.4, -0.2) is 23.3 Å². The number of aromatic nitrogens is 1. The zero-order valence-electron chi connectivity index (χ0n) is 8.29. The highest BCUT2D eigenvalue weighted by molar-refractivity contribution is 9.10.